The first-order valence-electron chi connectivity index (χ1n) is 2.91. The summed E-state index contributed by atoms with van der Waals surface area (Å²) < 4.78 is 3.18. The molecule has 50 valence electrons. The van der Waals surface area contributed by atoms with Crippen LogP contribution in [-0.4, -0.2) is 9.55 Å². The van der Waals surface area contributed by atoms with Crippen LogP contribution in [0, 0.1) is 3.70 Å². The third kappa shape index (κ3) is 1.26. The Balaban J connectivity index is 3.07. The molecule has 0 aliphatic heterocycles. The number of rotatable bonds is 1. The predicted molar refractivity (Wildman–Crippen MR) is 45.3 cm³/mol. The van der Waals surface area contributed by atoms with Crippen molar-refractivity contribution in [1.82, 2.24) is 9.55 Å². The SMILES string of the molecule is CCc1c(I)ncn1C. The lowest BCUT2D eigenvalue weighted by Gasteiger charge is -1.95. The van der Waals surface area contributed by atoms with Gasteiger partial charge in [0.15, 0.2) is 0 Å². The lowest BCUT2D eigenvalue weighted by molar-refractivity contribution is 0.830. The molecule has 2 nitrogen and oxygen atoms in total. The number of aryl methyl sites for hydroxylation is 1. The monoisotopic (exact) mass is 236 g/mol. The zero-order valence-corrected chi connectivity index (χ0v) is 7.71. The number of halogens is 1. The molecule has 0 spiro atoms. The fourth-order valence-corrected chi connectivity index (χ4v) is 1.71. The molecule has 0 aromatic carbocycles. The molecule has 3 heteroatoms. The molecule has 1 rings (SSSR count). The van der Waals surface area contributed by atoms with Crippen molar-refractivity contribution in [2.75, 3.05) is 0 Å². The Morgan fingerprint density at radius 3 is 2.67 bits per heavy atom. The van der Waals surface area contributed by atoms with Crippen molar-refractivity contribution in [1.29, 1.82) is 0 Å². The van der Waals surface area contributed by atoms with Crippen LogP contribution in [0.2, 0.25) is 0 Å². The number of nitrogens with zero attached hydrogens (tertiary/aromatic N) is 2. The van der Waals surface area contributed by atoms with Crippen LogP contribution >= 0.6 is 22.6 Å². The van der Waals surface area contributed by atoms with E-state index in [4.69, 9.17) is 0 Å². The molecule has 0 unspecified atom stereocenters. The molecule has 0 radical (unpaired) electrons. The van der Waals surface area contributed by atoms with Gasteiger partial charge < -0.3 is 4.57 Å². The van der Waals surface area contributed by atoms with Gasteiger partial charge in [-0.25, -0.2) is 4.98 Å². The van der Waals surface area contributed by atoms with Crippen LogP contribution in [0.25, 0.3) is 0 Å². The fraction of sp³-hybridized carbons (Fsp3) is 0.500. The summed E-state index contributed by atoms with van der Waals surface area (Å²) in [4.78, 5) is 4.14. The third-order valence-electron chi connectivity index (χ3n) is 1.34. The summed E-state index contributed by atoms with van der Waals surface area (Å²) in [5.74, 6) is 0. The molecule has 1 aromatic heterocycles. The molecule has 9 heavy (non-hydrogen) atoms. The van der Waals surface area contributed by atoms with E-state index in [1.54, 1.807) is 0 Å². The molecule has 0 fully saturated rings. The van der Waals surface area contributed by atoms with Crippen LogP contribution in [0.5, 0.6) is 0 Å². The quantitative estimate of drug-likeness (QED) is 0.677. The van der Waals surface area contributed by atoms with E-state index in [0.29, 0.717) is 0 Å². The van der Waals surface area contributed by atoms with Crippen molar-refractivity contribution in [2.45, 2.75) is 13.3 Å². The Morgan fingerprint density at radius 1 is 1.78 bits per heavy atom. The lowest BCUT2D eigenvalue weighted by Crippen LogP contribution is -1.93. The van der Waals surface area contributed by atoms with Gasteiger partial charge in [-0.15, -0.1) is 0 Å². The van der Waals surface area contributed by atoms with E-state index >= 15 is 0 Å². The highest BCUT2D eigenvalue weighted by Crippen LogP contribution is 2.08. The first kappa shape index (κ1) is 7.05. The lowest BCUT2D eigenvalue weighted by atomic mass is 10.4. The van der Waals surface area contributed by atoms with Gasteiger partial charge in [-0.2, -0.15) is 0 Å². The molecule has 0 aliphatic rings. The van der Waals surface area contributed by atoms with E-state index < -0.39 is 0 Å². The Kier molecular flexibility index (Phi) is 2.10. The van der Waals surface area contributed by atoms with Crippen LogP contribution in [0.4, 0.5) is 0 Å². The van der Waals surface area contributed by atoms with Crippen molar-refractivity contribution >= 4 is 22.6 Å². The van der Waals surface area contributed by atoms with Crippen molar-refractivity contribution in [3.05, 3.63) is 15.7 Å². The van der Waals surface area contributed by atoms with Gasteiger partial charge in [0.1, 0.15) is 3.70 Å². The van der Waals surface area contributed by atoms with Gasteiger partial charge in [-0.1, -0.05) is 6.92 Å². The minimum Gasteiger partial charge on any atom is -0.337 e. The topological polar surface area (TPSA) is 17.8 Å². The maximum Gasteiger partial charge on any atom is 0.122 e. The molecule has 1 heterocycles. The van der Waals surface area contributed by atoms with Crippen LogP contribution in [0.3, 0.4) is 0 Å². The minimum atomic E-state index is 1.06. The zero-order chi connectivity index (χ0) is 6.85. The second-order valence-corrected chi connectivity index (χ2v) is 2.97. The highest BCUT2D eigenvalue weighted by molar-refractivity contribution is 14.1. The molecule has 0 saturated carbocycles. The normalized spacial score (nSPS) is 10.1. The largest absolute Gasteiger partial charge is 0.337 e. The zero-order valence-electron chi connectivity index (χ0n) is 5.56. The first-order valence-corrected chi connectivity index (χ1v) is 3.99. The van der Waals surface area contributed by atoms with Gasteiger partial charge in [0.25, 0.3) is 0 Å². The Labute approximate surface area is 68.4 Å². The summed E-state index contributed by atoms with van der Waals surface area (Å²) in [6, 6.07) is 0. The van der Waals surface area contributed by atoms with Crippen molar-refractivity contribution in [3.8, 4) is 0 Å². The number of imidazole rings is 1. The number of hydrogen-bond acceptors (Lipinski definition) is 1. The summed E-state index contributed by atoms with van der Waals surface area (Å²) in [6.07, 6.45) is 2.91. The molecular weight excluding hydrogens is 227 g/mol. The van der Waals surface area contributed by atoms with Gasteiger partial charge in [0.2, 0.25) is 0 Å². The summed E-state index contributed by atoms with van der Waals surface area (Å²) in [6.45, 7) is 2.14. The highest BCUT2D eigenvalue weighted by Gasteiger charge is 2.00. The van der Waals surface area contributed by atoms with Crippen LogP contribution in [-0.2, 0) is 13.5 Å². The molecule has 0 bridgehead atoms. The summed E-state index contributed by atoms with van der Waals surface area (Å²) in [7, 11) is 2.02. The first-order chi connectivity index (χ1) is 4.25. The molecular formula is C6H9IN2. The summed E-state index contributed by atoms with van der Waals surface area (Å²) in [5, 5.41) is 0. The highest BCUT2D eigenvalue weighted by atomic mass is 127. The maximum atomic E-state index is 4.14. The van der Waals surface area contributed by atoms with E-state index in [1.807, 2.05) is 13.4 Å². The van der Waals surface area contributed by atoms with E-state index in [-0.39, 0.29) is 0 Å². The van der Waals surface area contributed by atoms with Gasteiger partial charge in [-0.05, 0) is 29.0 Å². The summed E-state index contributed by atoms with van der Waals surface area (Å²) in [5.41, 5.74) is 1.32. The number of hydrogen-bond donors (Lipinski definition) is 0. The van der Waals surface area contributed by atoms with E-state index in [0.717, 1.165) is 10.1 Å². The van der Waals surface area contributed by atoms with Crippen molar-refractivity contribution in [3.63, 3.8) is 0 Å². The molecule has 0 aliphatic carbocycles. The fourth-order valence-electron chi connectivity index (χ4n) is 0.822. The van der Waals surface area contributed by atoms with E-state index in [1.165, 1.54) is 5.69 Å². The molecule has 0 atom stereocenters. The van der Waals surface area contributed by atoms with Gasteiger partial charge in [0, 0.05) is 7.05 Å². The number of aromatic nitrogens is 2. The van der Waals surface area contributed by atoms with Gasteiger partial charge in [-0.3, -0.25) is 0 Å². The molecule has 0 amide bonds. The Morgan fingerprint density at radius 2 is 2.44 bits per heavy atom. The van der Waals surface area contributed by atoms with Crippen LogP contribution < -0.4 is 0 Å². The van der Waals surface area contributed by atoms with E-state index in [2.05, 4.69) is 39.1 Å². The summed E-state index contributed by atoms with van der Waals surface area (Å²) >= 11 is 2.25. The standard InChI is InChI=1S/C6H9IN2/c1-3-5-6(7)8-4-9(5)2/h4H,3H2,1-2H3. The average Bonchev–Trinajstić information content (AvgIpc) is 2.12. The van der Waals surface area contributed by atoms with Crippen molar-refractivity contribution < 1.29 is 0 Å². The Hall–Kier alpha value is -0.0600. The van der Waals surface area contributed by atoms with Gasteiger partial charge >= 0.3 is 0 Å². The predicted octanol–water partition coefficient (Wildman–Crippen LogP) is 1.59. The second kappa shape index (κ2) is 2.68. The molecule has 0 N–H and O–H groups in total. The third-order valence-corrected chi connectivity index (χ3v) is 2.24. The van der Waals surface area contributed by atoms with Crippen LogP contribution in [0.15, 0.2) is 6.33 Å². The maximum absolute atomic E-state index is 4.14. The molecule has 1 aromatic rings. The smallest absolute Gasteiger partial charge is 0.122 e. The second-order valence-electron chi connectivity index (χ2n) is 1.95. The van der Waals surface area contributed by atoms with Gasteiger partial charge in [0.05, 0.1) is 12.0 Å². The Bertz CT molecular complexity index is 185. The average molecular weight is 236 g/mol. The van der Waals surface area contributed by atoms with E-state index in [9.17, 15) is 0 Å². The van der Waals surface area contributed by atoms with Crippen LogP contribution in [0.1, 0.15) is 12.6 Å². The molecule has 0 saturated heterocycles. The minimum absolute atomic E-state index is 1.06. The van der Waals surface area contributed by atoms with Crippen molar-refractivity contribution in [2.24, 2.45) is 7.05 Å².